The van der Waals surface area contributed by atoms with E-state index in [9.17, 15) is 4.79 Å². The van der Waals surface area contributed by atoms with Gasteiger partial charge in [0.05, 0.1) is 10.4 Å². The number of carbonyl (C=O) groups excluding carboxylic acids is 1. The third-order valence-electron chi connectivity index (χ3n) is 3.56. The van der Waals surface area contributed by atoms with Gasteiger partial charge in [-0.2, -0.15) is 0 Å². The highest BCUT2D eigenvalue weighted by Crippen LogP contribution is 2.15. The summed E-state index contributed by atoms with van der Waals surface area (Å²) in [6, 6.07) is 0. The molecule has 18 heavy (non-hydrogen) atoms. The van der Waals surface area contributed by atoms with Crippen LogP contribution in [-0.2, 0) is 4.79 Å². The fourth-order valence-corrected chi connectivity index (χ4v) is 2.16. The van der Waals surface area contributed by atoms with Gasteiger partial charge in [0.15, 0.2) is 0 Å². The number of amides is 1. The zero-order valence-corrected chi connectivity index (χ0v) is 12.5. The van der Waals surface area contributed by atoms with Gasteiger partial charge in [0.2, 0.25) is 5.91 Å². The van der Waals surface area contributed by atoms with Crippen LogP contribution < -0.4 is 11.1 Å². The monoisotopic (exact) mass is 271 g/mol. The molecule has 3 N–H and O–H groups in total. The largest absolute Gasteiger partial charge is 0.392 e. The van der Waals surface area contributed by atoms with Crippen LogP contribution in [0.15, 0.2) is 0 Å². The Morgan fingerprint density at radius 2 is 2.00 bits per heavy atom. The smallest absolute Gasteiger partial charge is 0.232 e. The van der Waals surface area contributed by atoms with Crippen molar-refractivity contribution < 1.29 is 4.79 Å². The summed E-state index contributed by atoms with van der Waals surface area (Å²) in [4.78, 5) is 14.7. The second-order valence-corrected chi connectivity index (χ2v) is 6.25. The first-order chi connectivity index (χ1) is 8.34. The molecule has 0 radical (unpaired) electrons. The fraction of sp³-hybridized carbons (Fsp3) is 0.846. The number of likely N-dealkylation sites (tertiary alicyclic amines) is 1. The van der Waals surface area contributed by atoms with Gasteiger partial charge in [0.25, 0.3) is 0 Å². The molecule has 1 saturated heterocycles. The average molecular weight is 271 g/mol. The lowest BCUT2D eigenvalue weighted by Gasteiger charge is -2.25. The SMILES string of the molecule is CC(CNC(=O)C(C)(C)C(N)=S)CN1CCCC1. The van der Waals surface area contributed by atoms with Gasteiger partial charge in [-0.05, 0) is 45.7 Å². The van der Waals surface area contributed by atoms with Gasteiger partial charge in [0.1, 0.15) is 0 Å². The molecule has 1 fully saturated rings. The van der Waals surface area contributed by atoms with Gasteiger partial charge in [-0.25, -0.2) is 0 Å². The maximum Gasteiger partial charge on any atom is 0.232 e. The Bertz CT molecular complexity index is 311. The van der Waals surface area contributed by atoms with Crippen molar-refractivity contribution in [3.05, 3.63) is 0 Å². The van der Waals surface area contributed by atoms with E-state index in [1.54, 1.807) is 13.8 Å². The van der Waals surface area contributed by atoms with Crippen molar-refractivity contribution in [3.8, 4) is 0 Å². The number of nitrogens with one attached hydrogen (secondary N) is 1. The molecule has 1 unspecified atom stereocenters. The highest BCUT2D eigenvalue weighted by atomic mass is 32.1. The van der Waals surface area contributed by atoms with Crippen LogP contribution in [0.2, 0.25) is 0 Å². The number of nitrogens with zero attached hydrogens (tertiary/aromatic N) is 1. The first-order valence-corrected chi connectivity index (χ1v) is 7.05. The Morgan fingerprint density at radius 3 is 2.50 bits per heavy atom. The summed E-state index contributed by atoms with van der Waals surface area (Å²) < 4.78 is 0. The van der Waals surface area contributed by atoms with Gasteiger partial charge in [-0.15, -0.1) is 0 Å². The normalized spacial score (nSPS) is 18.6. The third kappa shape index (κ3) is 4.21. The van der Waals surface area contributed by atoms with Crippen molar-refractivity contribution in [2.45, 2.75) is 33.6 Å². The van der Waals surface area contributed by atoms with E-state index in [0.29, 0.717) is 12.5 Å². The molecule has 104 valence electrons. The average Bonchev–Trinajstić information content (AvgIpc) is 2.78. The molecule has 1 rings (SSSR count). The minimum Gasteiger partial charge on any atom is -0.392 e. The van der Waals surface area contributed by atoms with Crippen molar-refractivity contribution in [1.29, 1.82) is 0 Å². The van der Waals surface area contributed by atoms with E-state index in [-0.39, 0.29) is 10.9 Å². The number of carbonyl (C=O) groups is 1. The predicted molar refractivity (Wildman–Crippen MR) is 78.4 cm³/mol. The highest BCUT2D eigenvalue weighted by molar-refractivity contribution is 7.80. The molecule has 0 spiro atoms. The summed E-state index contributed by atoms with van der Waals surface area (Å²) in [6.07, 6.45) is 2.60. The zero-order chi connectivity index (χ0) is 13.8. The van der Waals surface area contributed by atoms with Gasteiger partial charge in [-0.1, -0.05) is 19.1 Å². The van der Waals surface area contributed by atoms with Crippen LogP contribution in [0, 0.1) is 11.3 Å². The van der Waals surface area contributed by atoms with Crippen LogP contribution in [0.25, 0.3) is 0 Å². The molecule has 1 aliphatic heterocycles. The van der Waals surface area contributed by atoms with Crippen molar-refractivity contribution >= 4 is 23.1 Å². The molecule has 0 aromatic heterocycles. The second kappa shape index (κ2) is 6.48. The molecule has 1 heterocycles. The molecule has 0 saturated carbocycles. The maximum atomic E-state index is 12.0. The predicted octanol–water partition coefficient (Wildman–Crippen LogP) is 1.15. The van der Waals surface area contributed by atoms with Crippen LogP contribution in [0.5, 0.6) is 0 Å². The highest BCUT2D eigenvalue weighted by Gasteiger charge is 2.30. The van der Waals surface area contributed by atoms with E-state index in [4.69, 9.17) is 18.0 Å². The zero-order valence-electron chi connectivity index (χ0n) is 11.7. The lowest BCUT2D eigenvalue weighted by molar-refractivity contribution is -0.126. The Kier molecular flexibility index (Phi) is 5.53. The quantitative estimate of drug-likeness (QED) is 0.712. The number of rotatable bonds is 6. The number of thiocarbonyl (C=S) groups is 1. The molecule has 0 aliphatic carbocycles. The van der Waals surface area contributed by atoms with Crippen molar-refractivity contribution in [3.63, 3.8) is 0 Å². The Morgan fingerprint density at radius 1 is 1.44 bits per heavy atom. The number of hydrogen-bond donors (Lipinski definition) is 2. The Labute approximate surface area is 115 Å². The van der Waals surface area contributed by atoms with Crippen LogP contribution in [0.1, 0.15) is 33.6 Å². The molecule has 4 nitrogen and oxygen atoms in total. The lowest BCUT2D eigenvalue weighted by Crippen LogP contribution is -2.46. The summed E-state index contributed by atoms with van der Waals surface area (Å²) in [7, 11) is 0. The van der Waals surface area contributed by atoms with E-state index < -0.39 is 5.41 Å². The molecule has 0 aromatic rings. The van der Waals surface area contributed by atoms with Crippen molar-refractivity contribution in [1.82, 2.24) is 10.2 Å². The van der Waals surface area contributed by atoms with Crippen molar-refractivity contribution in [2.24, 2.45) is 17.1 Å². The van der Waals surface area contributed by atoms with E-state index in [0.717, 1.165) is 6.54 Å². The topological polar surface area (TPSA) is 58.4 Å². The molecule has 1 aliphatic rings. The molecule has 1 amide bonds. The van der Waals surface area contributed by atoms with Gasteiger partial charge in [-0.3, -0.25) is 4.79 Å². The summed E-state index contributed by atoms with van der Waals surface area (Å²) >= 11 is 4.91. The van der Waals surface area contributed by atoms with Crippen LogP contribution in [-0.4, -0.2) is 42.0 Å². The summed E-state index contributed by atoms with van der Waals surface area (Å²) in [5.74, 6) is 0.373. The molecule has 0 aromatic carbocycles. The summed E-state index contributed by atoms with van der Waals surface area (Å²) in [6.45, 7) is 9.79. The van der Waals surface area contributed by atoms with Crippen LogP contribution in [0.3, 0.4) is 0 Å². The maximum absolute atomic E-state index is 12.0. The van der Waals surface area contributed by atoms with E-state index >= 15 is 0 Å². The van der Waals surface area contributed by atoms with Gasteiger partial charge < -0.3 is 16.0 Å². The van der Waals surface area contributed by atoms with E-state index in [1.807, 2.05) is 0 Å². The van der Waals surface area contributed by atoms with E-state index in [2.05, 4.69) is 17.1 Å². The molecule has 0 bridgehead atoms. The molecular formula is C13H25N3OS. The molecule has 5 heteroatoms. The number of hydrogen-bond acceptors (Lipinski definition) is 3. The first kappa shape index (κ1) is 15.4. The lowest BCUT2D eigenvalue weighted by atomic mass is 9.92. The number of nitrogens with two attached hydrogens (primary N) is 1. The minimum atomic E-state index is -0.761. The van der Waals surface area contributed by atoms with Gasteiger partial charge in [0, 0.05) is 13.1 Å². The first-order valence-electron chi connectivity index (χ1n) is 6.64. The second-order valence-electron chi connectivity index (χ2n) is 5.81. The van der Waals surface area contributed by atoms with Crippen LogP contribution >= 0.6 is 12.2 Å². The summed E-state index contributed by atoms with van der Waals surface area (Å²) in [5, 5.41) is 2.94. The van der Waals surface area contributed by atoms with E-state index in [1.165, 1.54) is 25.9 Å². The van der Waals surface area contributed by atoms with Gasteiger partial charge >= 0.3 is 0 Å². The Balaban J connectivity index is 2.31. The minimum absolute atomic E-state index is 0.0803. The molecular weight excluding hydrogens is 246 g/mol. The fourth-order valence-electron chi connectivity index (χ4n) is 2.07. The summed E-state index contributed by atoms with van der Waals surface area (Å²) in [5.41, 5.74) is 4.81. The Hall–Kier alpha value is -0.680. The third-order valence-corrected chi connectivity index (χ3v) is 4.07. The van der Waals surface area contributed by atoms with Crippen LogP contribution in [0.4, 0.5) is 0 Å². The standard InChI is InChI=1S/C13H25N3OS/c1-10(9-16-6-4-5-7-16)8-15-12(17)13(2,3)11(14)18/h10H,4-9H2,1-3H3,(H2,14,18)(H,15,17). The molecule has 1 atom stereocenters. The van der Waals surface area contributed by atoms with Crippen molar-refractivity contribution in [2.75, 3.05) is 26.2 Å².